The van der Waals surface area contributed by atoms with Crippen molar-refractivity contribution in [2.75, 3.05) is 20.1 Å². The first-order valence-corrected chi connectivity index (χ1v) is 11.0. The summed E-state index contributed by atoms with van der Waals surface area (Å²) in [6.07, 6.45) is 3.07. The van der Waals surface area contributed by atoms with Crippen LogP contribution in [0.5, 0.6) is 0 Å². The van der Waals surface area contributed by atoms with Crippen LogP contribution in [-0.4, -0.2) is 58.3 Å². The molecule has 1 fully saturated rings. The third kappa shape index (κ3) is 4.17. The van der Waals surface area contributed by atoms with Crippen molar-refractivity contribution in [2.24, 2.45) is 0 Å². The van der Waals surface area contributed by atoms with Crippen LogP contribution in [0.25, 0.3) is 0 Å². The molecule has 0 radical (unpaired) electrons. The van der Waals surface area contributed by atoms with E-state index in [4.69, 9.17) is 0 Å². The summed E-state index contributed by atoms with van der Waals surface area (Å²) in [7, 11) is 1.68. The average molecular weight is 437 g/mol. The summed E-state index contributed by atoms with van der Waals surface area (Å²) < 4.78 is 1.57. The Kier molecular flexibility index (Phi) is 6.12. The number of carbonyl (C=O) groups excluding carboxylic acids is 3. The third-order valence-corrected chi connectivity index (χ3v) is 6.30. The topological polar surface area (TPSA) is 91.7 Å². The highest BCUT2D eigenvalue weighted by atomic mass is 16.2. The SMILES string of the molecule is CCN(C)C(=O)c1c2c(cn(Cc3ccccc3)c1=O)CN(C(=O)C1CCC(=O)N1)CC2. The van der Waals surface area contributed by atoms with E-state index in [1.165, 1.54) is 4.90 Å². The van der Waals surface area contributed by atoms with Gasteiger partial charge in [-0.2, -0.15) is 0 Å². The molecule has 2 aliphatic rings. The number of hydrogen-bond acceptors (Lipinski definition) is 4. The number of nitrogens with zero attached hydrogens (tertiary/aromatic N) is 3. The molecule has 3 heterocycles. The Morgan fingerprint density at radius 3 is 2.56 bits per heavy atom. The third-order valence-electron chi connectivity index (χ3n) is 6.30. The number of rotatable bonds is 5. The van der Waals surface area contributed by atoms with Crippen LogP contribution in [0.15, 0.2) is 41.3 Å². The molecule has 0 spiro atoms. The lowest BCUT2D eigenvalue weighted by molar-refractivity contribution is -0.135. The second kappa shape index (κ2) is 8.98. The summed E-state index contributed by atoms with van der Waals surface area (Å²) in [4.78, 5) is 54.2. The summed E-state index contributed by atoms with van der Waals surface area (Å²) in [5.74, 6) is -0.507. The van der Waals surface area contributed by atoms with E-state index in [1.807, 2.05) is 37.3 Å². The minimum Gasteiger partial charge on any atom is -0.344 e. The van der Waals surface area contributed by atoms with Crippen molar-refractivity contribution in [1.29, 1.82) is 0 Å². The lowest BCUT2D eigenvalue weighted by Crippen LogP contribution is -2.47. The van der Waals surface area contributed by atoms with E-state index >= 15 is 0 Å². The van der Waals surface area contributed by atoms with E-state index in [1.54, 1.807) is 22.7 Å². The van der Waals surface area contributed by atoms with Gasteiger partial charge >= 0.3 is 0 Å². The van der Waals surface area contributed by atoms with Crippen molar-refractivity contribution in [1.82, 2.24) is 19.7 Å². The molecule has 8 heteroatoms. The molecule has 0 aliphatic carbocycles. The van der Waals surface area contributed by atoms with E-state index in [0.717, 1.165) is 16.7 Å². The molecule has 0 bridgehead atoms. The summed E-state index contributed by atoms with van der Waals surface area (Å²) in [5.41, 5.74) is 2.38. The molecule has 32 heavy (non-hydrogen) atoms. The number of pyridine rings is 1. The predicted molar refractivity (Wildman–Crippen MR) is 119 cm³/mol. The monoisotopic (exact) mass is 436 g/mol. The van der Waals surface area contributed by atoms with Gasteiger partial charge in [0, 0.05) is 39.3 Å². The van der Waals surface area contributed by atoms with Gasteiger partial charge in [-0.25, -0.2) is 0 Å². The lowest BCUT2D eigenvalue weighted by Gasteiger charge is -2.32. The molecular weight excluding hydrogens is 408 g/mol. The van der Waals surface area contributed by atoms with Gasteiger partial charge in [0.25, 0.3) is 11.5 Å². The van der Waals surface area contributed by atoms with Crippen LogP contribution in [-0.2, 0) is 29.1 Å². The van der Waals surface area contributed by atoms with Crippen molar-refractivity contribution >= 4 is 17.7 Å². The van der Waals surface area contributed by atoms with Gasteiger partial charge in [0.05, 0.1) is 6.54 Å². The number of nitrogens with one attached hydrogen (secondary N) is 1. The summed E-state index contributed by atoms with van der Waals surface area (Å²) in [5, 5.41) is 2.73. The quantitative estimate of drug-likeness (QED) is 0.761. The molecule has 168 valence electrons. The molecule has 4 rings (SSSR count). The molecule has 3 amide bonds. The fraction of sp³-hybridized carbons (Fsp3) is 0.417. The van der Waals surface area contributed by atoms with Gasteiger partial charge < -0.3 is 19.7 Å². The van der Waals surface area contributed by atoms with Crippen molar-refractivity contribution < 1.29 is 14.4 Å². The second-order valence-corrected chi connectivity index (χ2v) is 8.41. The van der Waals surface area contributed by atoms with Crippen molar-refractivity contribution in [3.63, 3.8) is 0 Å². The van der Waals surface area contributed by atoms with Crippen LogP contribution >= 0.6 is 0 Å². The number of amides is 3. The lowest BCUT2D eigenvalue weighted by atomic mass is 9.95. The van der Waals surface area contributed by atoms with Gasteiger partial charge in [-0.05, 0) is 36.5 Å². The normalized spacial score (nSPS) is 17.6. The molecule has 8 nitrogen and oxygen atoms in total. The maximum absolute atomic E-state index is 13.4. The first kappa shape index (κ1) is 21.8. The van der Waals surface area contributed by atoms with Gasteiger partial charge in [-0.15, -0.1) is 0 Å². The molecule has 1 aromatic heterocycles. The van der Waals surface area contributed by atoms with E-state index < -0.39 is 6.04 Å². The Morgan fingerprint density at radius 1 is 1.16 bits per heavy atom. The highest BCUT2D eigenvalue weighted by molar-refractivity contribution is 5.96. The first-order valence-electron chi connectivity index (χ1n) is 11.0. The molecule has 2 aliphatic heterocycles. The standard InChI is InChI=1S/C24H28N4O4/c1-3-26(2)23(31)21-18-11-12-27(22(30)19-9-10-20(29)25-19)14-17(18)15-28(24(21)32)13-16-7-5-4-6-8-16/h4-8,15,19H,3,9-14H2,1-2H3,(H,25,29). The van der Waals surface area contributed by atoms with Gasteiger partial charge in [0.1, 0.15) is 11.6 Å². The Bertz CT molecular complexity index is 1110. The Balaban J connectivity index is 1.71. The molecule has 0 saturated carbocycles. The highest BCUT2D eigenvalue weighted by Gasteiger charge is 2.34. The molecule has 1 saturated heterocycles. The van der Waals surface area contributed by atoms with Crippen LogP contribution in [0.2, 0.25) is 0 Å². The fourth-order valence-corrected chi connectivity index (χ4v) is 4.37. The largest absolute Gasteiger partial charge is 0.344 e. The molecule has 2 aromatic rings. The first-order chi connectivity index (χ1) is 15.4. The number of aromatic nitrogens is 1. The van der Waals surface area contributed by atoms with Gasteiger partial charge in [-0.3, -0.25) is 19.2 Å². The second-order valence-electron chi connectivity index (χ2n) is 8.41. The minimum absolute atomic E-state index is 0.104. The molecular formula is C24H28N4O4. The zero-order valence-corrected chi connectivity index (χ0v) is 18.5. The Hall–Kier alpha value is -3.42. The molecule has 1 aromatic carbocycles. The Labute approximate surface area is 186 Å². The zero-order chi connectivity index (χ0) is 22.8. The number of benzene rings is 1. The summed E-state index contributed by atoms with van der Waals surface area (Å²) in [6, 6.07) is 9.11. The minimum atomic E-state index is -0.494. The van der Waals surface area contributed by atoms with E-state index in [-0.39, 0.29) is 28.8 Å². The molecule has 1 unspecified atom stereocenters. The summed E-state index contributed by atoms with van der Waals surface area (Å²) >= 11 is 0. The Morgan fingerprint density at radius 2 is 1.91 bits per heavy atom. The number of fused-ring (bicyclic) bond motifs is 1. The average Bonchev–Trinajstić information content (AvgIpc) is 3.25. The fourth-order valence-electron chi connectivity index (χ4n) is 4.37. The maximum Gasteiger partial charge on any atom is 0.264 e. The van der Waals surface area contributed by atoms with Gasteiger partial charge in [-0.1, -0.05) is 30.3 Å². The summed E-state index contributed by atoms with van der Waals surface area (Å²) in [6.45, 7) is 3.43. The van der Waals surface area contributed by atoms with Gasteiger partial charge in [0.2, 0.25) is 11.8 Å². The van der Waals surface area contributed by atoms with Crippen LogP contribution < -0.4 is 10.9 Å². The molecule has 1 atom stereocenters. The van der Waals surface area contributed by atoms with E-state index in [0.29, 0.717) is 45.4 Å². The van der Waals surface area contributed by atoms with Crippen LogP contribution in [0.3, 0.4) is 0 Å². The highest BCUT2D eigenvalue weighted by Crippen LogP contribution is 2.24. The van der Waals surface area contributed by atoms with Crippen molar-refractivity contribution in [3.8, 4) is 0 Å². The van der Waals surface area contributed by atoms with Gasteiger partial charge in [0.15, 0.2) is 0 Å². The number of carbonyl (C=O) groups is 3. The zero-order valence-electron chi connectivity index (χ0n) is 18.5. The predicted octanol–water partition coefficient (Wildman–Crippen LogP) is 1.15. The van der Waals surface area contributed by atoms with Crippen LogP contribution in [0.1, 0.15) is 46.8 Å². The maximum atomic E-state index is 13.4. The van der Waals surface area contributed by atoms with Crippen LogP contribution in [0, 0.1) is 0 Å². The van der Waals surface area contributed by atoms with Crippen molar-refractivity contribution in [2.45, 2.75) is 45.3 Å². The molecule has 1 N–H and O–H groups in total. The van der Waals surface area contributed by atoms with Crippen LogP contribution in [0.4, 0.5) is 0 Å². The number of hydrogen-bond donors (Lipinski definition) is 1. The van der Waals surface area contributed by atoms with E-state index in [2.05, 4.69) is 5.32 Å². The van der Waals surface area contributed by atoms with E-state index in [9.17, 15) is 19.2 Å². The smallest absolute Gasteiger partial charge is 0.264 e. The van der Waals surface area contributed by atoms with Crippen molar-refractivity contribution in [3.05, 3.63) is 69.1 Å².